The fourth-order valence-corrected chi connectivity index (χ4v) is 6.29. The number of nitrogens with zero attached hydrogens (tertiary/aromatic N) is 2. The van der Waals surface area contributed by atoms with Crippen molar-refractivity contribution in [2.75, 3.05) is 30.4 Å². The Bertz CT molecular complexity index is 1830. The maximum atomic E-state index is 13.5. The lowest BCUT2D eigenvalue weighted by atomic mass is 10.1. The average molecular weight is 711 g/mol. The number of carbonyl (C=O) groups excluding carboxylic acids is 4. The molecule has 1 aromatic heterocycles. The highest BCUT2D eigenvalue weighted by Crippen LogP contribution is 2.33. The monoisotopic (exact) mass is 710 g/mol. The van der Waals surface area contributed by atoms with E-state index in [9.17, 15) is 19.2 Å². The van der Waals surface area contributed by atoms with E-state index in [1.165, 1.54) is 11.3 Å². The van der Waals surface area contributed by atoms with Crippen molar-refractivity contribution >= 4 is 46.3 Å². The van der Waals surface area contributed by atoms with Gasteiger partial charge in [-0.15, -0.1) is 11.3 Å². The number of hydrogen-bond acceptors (Lipinski definition) is 9. The molecule has 0 unspecified atom stereocenters. The first kappa shape index (κ1) is 35.6. The molecule has 4 aromatic rings. The summed E-state index contributed by atoms with van der Waals surface area (Å²) in [4.78, 5) is 56.3. The zero-order valence-corrected chi connectivity index (χ0v) is 29.1. The van der Waals surface area contributed by atoms with Crippen molar-refractivity contribution in [2.45, 2.75) is 63.6 Å². The summed E-state index contributed by atoms with van der Waals surface area (Å²) < 4.78 is 11.4. The Morgan fingerprint density at radius 3 is 2.61 bits per heavy atom. The van der Waals surface area contributed by atoms with Gasteiger partial charge in [-0.3, -0.25) is 19.2 Å². The van der Waals surface area contributed by atoms with E-state index >= 15 is 0 Å². The highest BCUT2D eigenvalue weighted by Gasteiger charge is 2.33. The number of anilines is 2. The molecule has 5 N–H and O–H groups in total. The third kappa shape index (κ3) is 10.1. The van der Waals surface area contributed by atoms with Crippen molar-refractivity contribution in [1.82, 2.24) is 15.2 Å². The predicted octanol–water partition coefficient (Wildman–Crippen LogP) is 5.16. The van der Waals surface area contributed by atoms with Crippen LogP contribution in [-0.2, 0) is 22.6 Å². The summed E-state index contributed by atoms with van der Waals surface area (Å²) in [6.07, 6.45) is 5.98. The van der Waals surface area contributed by atoms with Crippen molar-refractivity contribution in [3.05, 3.63) is 100 Å². The SMILES string of the molecule is N[C@@H](Cc1cscn1)C(=O)NCCCCCCOc1cccc(NC(=O)c2ccc(CN(C(=O)c3ccc4c(c3)OCC(=O)N4)C3CC3)cc2)c1. The highest BCUT2D eigenvalue weighted by atomic mass is 32.1. The Balaban J connectivity index is 0.908. The van der Waals surface area contributed by atoms with E-state index < -0.39 is 6.04 Å². The van der Waals surface area contributed by atoms with Gasteiger partial charge in [0.05, 0.1) is 29.5 Å². The quantitative estimate of drug-likeness (QED) is 0.109. The molecule has 1 saturated carbocycles. The topological polar surface area (TPSA) is 165 Å². The fourth-order valence-electron chi connectivity index (χ4n) is 5.72. The average Bonchev–Trinajstić information content (AvgIpc) is 3.86. The number of ether oxygens (including phenoxy) is 2. The molecule has 1 aliphatic heterocycles. The Morgan fingerprint density at radius 1 is 1.02 bits per heavy atom. The number of fused-ring (bicyclic) bond motifs is 1. The van der Waals surface area contributed by atoms with E-state index in [0.717, 1.165) is 49.8 Å². The van der Waals surface area contributed by atoms with Gasteiger partial charge in [-0.2, -0.15) is 0 Å². The van der Waals surface area contributed by atoms with Crippen LogP contribution in [0.3, 0.4) is 0 Å². The minimum absolute atomic E-state index is 0.0750. The normalized spacial score (nSPS) is 14.0. The molecule has 0 saturated heterocycles. The van der Waals surface area contributed by atoms with Crippen molar-refractivity contribution in [1.29, 1.82) is 0 Å². The van der Waals surface area contributed by atoms with Crippen LogP contribution in [0, 0.1) is 0 Å². The molecule has 51 heavy (non-hydrogen) atoms. The lowest BCUT2D eigenvalue weighted by Crippen LogP contribution is -2.42. The molecule has 13 heteroatoms. The highest BCUT2D eigenvalue weighted by molar-refractivity contribution is 7.07. The van der Waals surface area contributed by atoms with Crippen molar-refractivity contribution in [2.24, 2.45) is 5.73 Å². The van der Waals surface area contributed by atoms with E-state index in [0.29, 0.717) is 60.1 Å². The number of aromatic nitrogens is 1. The largest absolute Gasteiger partial charge is 0.494 e. The van der Waals surface area contributed by atoms with Gasteiger partial charge >= 0.3 is 0 Å². The van der Waals surface area contributed by atoms with Gasteiger partial charge in [0.15, 0.2) is 6.61 Å². The van der Waals surface area contributed by atoms with Crippen LogP contribution in [0.2, 0.25) is 0 Å². The number of unbranched alkanes of at least 4 members (excludes halogenated alkanes) is 3. The minimum atomic E-state index is -0.592. The molecule has 1 fully saturated rings. The third-order valence-electron chi connectivity index (χ3n) is 8.66. The van der Waals surface area contributed by atoms with Gasteiger partial charge in [-0.05, 0) is 73.7 Å². The molecule has 0 radical (unpaired) electrons. The van der Waals surface area contributed by atoms with Crippen LogP contribution in [0.15, 0.2) is 77.6 Å². The molecule has 1 aliphatic carbocycles. The van der Waals surface area contributed by atoms with Gasteiger partial charge in [0.2, 0.25) is 5.91 Å². The lowest BCUT2D eigenvalue weighted by molar-refractivity contribution is -0.122. The van der Waals surface area contributed by atoms with Gasteiger partial charge in [-0.25, -0.2) is 4.98 Å². The van der Waals surface area contributed by atoms with E-state index in [2.05, 4.69) is 20.9 Å². The molecule has 266 valence electrons. The summed E-state index contributed by atoms with van der Waals surface area (Å²) in [5, 5.41) is 10.5. The summed E-state index contributed by atoms with van der Waals surface area (Å²) in [5.41, 5.74) is 11.6. The number of amides is 4. The molecule has 12 nitrogen and oxygen atoms in total. The first-order valence-electron chi connectivity index (χ1n) is 17.2. The second kappa shape index (κ2) is 17.1. The van der Waals surface area contributed by atoms with Gasteiger partial charge in [0.1, 0.15) is 11.5 Å². The molecule has 0 spiro atoms. The number of thiazole rings is 1. The summed E-state index contributed by atoms with van der Waals surface area (Å²) >= 11 is 1.49. The van der Waals surface area contributed by atoms with Crippen molar-refractivity contribution in [3.8, 4) is 11.5 Å². The standard InChI is InChI=1S/C38H42N6O6S/c39-32(20-29-23-51-24-41-29)37(47)40-16-3-1-2-4-17-49-31-7-5-6-28(19-31)42-36(46)26-10-8-25(9-11-26)21-44(30-13-14-30)38(48)27-12-15-33-34(18-27)50-22-35(45)43-33/h5-12,15,18-19,23-24,30,32H,1-4,13-14,16-17,20-22,39H2,(H,40,47)(H,42,46)(H,43,45)/t32-/m0/s1. The van der Waals surface area contributed by atoms with E-state index in [1.807, 2.05) is 40.6 Å². The lowest BCUT2D eigenvalue weighted by Gasteiger charge is -2.24. The van der Waals surface area contributed by atoms with Crippen molar-refractivity contribution < 1.29 is 28.7 Å². The summed E-state index contributed by atoms with van der Waals surface area (Å²) in [6.45, 7) is 1.47. The molecular weight excluding hydrogens is 669 g/mol. The zero-order valence-electron chi connectivity index (χ0n) is 28.3. The molecule has 0 bridgehead atoms. The summed E-state index contributed by atoms with van der Waals surface area (Å²) in [5.74, 6) is 0.435. The molecule has 1 atom stereocenters. The Kier molecular flexibility index (Phi) is 11.9. The van der Waals surface area contributed by atoms with Gasteiger partial charge < -0.3 is 36.1 Å². The van der Waals surface area contributed by atoms with Crippen LogP contribution in [0.4, 0.5) is 11.4 Å². The smallest absolute Gasteiger partial charge is 0.262 e. The fraction of sp³-hybridized carbons (Fsp3) is 0.342. The van der Waals surface area contributed by atoms with Crippen LogP contribution in [0.25, 0.3) is 0 Å². The van der Waals surface area contributed by atoms with Crippen LogP contribution in [-0.4, -0.2) is 65.4 Å². The van der Waals surface area contributed by atoms with Crippen LogP contribution < -0.4 is 31.2 Å². The number of hydrogen-bond donors (Lipinski definition) is 4. The van der Waals surface area contributed by atoms with Crippen molar-refractivity contribution in [3.63, 3.8) is 0 Å². The Morgan fingerprint density at radius 2 is 1.82 bits per heavy atom. The first-order valence-corrected chi connectivity index (χ1v) is 18.2. The predicted molar refractivity (Wildman–Crippen MR) is 195 cm³/mol. The number of nitrogens with two attached hydrogens (primary N) is 1. The molecule has 2 heterocycles. The Labute approximate surface area is 300 Å². The number of nitrogens with one attached hydrogen (secondary N) is 3. The number of carbonyl (C=O) groups is 4. The molecule has 2 aliphatic rings. The molecule has 3 aromatic carbocycles. The number of rotatable bonds is 17. The maximum Gasteiger partial charge on any atom is 0.262 e. The maximum absolute atomic E-state index is 13.5. The molecule has 6 rings (SSSR count). The van der Waals surface area contributed by atoms with Crippen LogP contribution in [0.1, 0.15) is 70.5 Å². The van der Waals surface area contributed by atoms with E-state index in [1.54, 1.807) is 41.9 Å². The number of benzene rings is 3. The molecule has 4 amide bonds. The molecular formula is C38H42N6O6S. The van der Waals surface area contributed by atoms with Crippen LogP contribution >= 0.6 is 11.3 Å². The van der Waals surface area contributed by atoms with E-state index in [-0.39, 0.29) is 36.3 Å². The van der Waals surface area contributed by atoms with Gasteiger partial charge in [0.25, 0.3) is 17.7 Å². The van der Waals surface area contributed by atoms with Gasteiger partial charge in [0, 0.05) is 53.8 Å². The third-order valence-corrected chi connectivity index (χ3v) is 9.29. The Hall–Kier alpha value is -5.27. The first-order chi connectivity index (χ1) is 24.8. The summed E-state index contributed by atoms with van der Waals surface area (Å²) in [7, 11) is 0. The zero-order chi connectivity index (χ0) is 35.6. The second-order valence-corrected chi connectivity index (χ2v) is 13.5. The van der Waals surface area contributed by atoms with E-state index in [4.69, 9.17) is 15.2 Å². The van der Waals surface area contributed by atoms with Gasteiger partial charge in [-0.1, -0.05) is 31.0 Å². The minimum Gasteiger partial charge on any atom is -0.494 e. The van der Waals surface area contributed by atoms with Crippen LogP contribution in [0.5, 0.6) is 11.5 Å². The second-order valence-electron chi connectivity index (χ2n) is 12.7. The summed E-state index contributed by atoms with van der Waals surface area (Å²) in [6, 6.07) is 19.2.